The summed E-state index contributed by atoms with van der Waals surface area (Å²) in [5.41, 5.74) is 1.67. The van der Waals surface area contributed by atoms with Crippen molar-refractivity contribution in [3.05, 3.63) is 52.5 Å². The molecule has 0 radical (unpaired) electrons. The third kappa shape index (κ3) is 2.98. The Morgan fingerprint density at radius 1 is 1.19 bits per heavy atom. The molecule has 7 nitrogen and oxygen atoms in total. The lowest BCUT2D eigenvalue weighted by molar-refractivity contribution is 0.513. The van der Waals surface area contributed by atoms with Gasteiger partial charge in [-0.25, -0.2) is 9.50 Å². The lowest BCUT2D eigenvalue weighted by Crippen LogP contribution is -2.40. The molecule has 136 valence electrons. The first-order chi connectivity index (χ1) is 12.6. The number of anilines is 1. The Morgan fingerprint density at radius 2 is 2.08 bits per heavy atom. The summed E-state index contributed by atoms with van der Waals surface area (Å²) >= 11 is 0. The molecule has 0 aliphatic carbocycles. The molecule has 0 spiro atoms. The van der Waals surface area contributed by atoms with E-state index in [1.165, 1.54) is 0 Å². The van der Waals surface area contributed by atoms with Crippen LogP contribution in [0.25, 0.3) is 5.52 Å². The Kier molecular flexibility index (Phi) is 4.44. The molecule has 0 bridgehead atoms. The third-order valence-electron chi connectivity index (χ3n) is 4.86. The monoisotopic (exact) mass is 352 g/mol. The summed E-state index contributed by atoms with van der Waals surface area (Å²) in [6.07, 6.45) is 6.34. The van der Waals surface area contributed by atoms with Gasteiger partial charge in [0.05, 0.1) is 6.20 Å². The second kappa shape index (κ2) is 6.90. The Balaban J connectivity index is 1.62. The molecule has 0 N–H and O–H groups in total. The number of rotatable bonds is 5. The Hall–Kier alpha value is -2.70. The molecular weight excluding hydrogens is 328 g/mol. The highest BCUT2D eigenvalue weighted by atomic mass is 16.1. The molecule has 0 amide bonds. The number of imidazole rings is 1. The van der Waals surface area contributed by atoms with Gasteiger partial charge in [0.15, 0.2) is 5.52 Å². The lowest BCUT2D eigenvalue weighted by Gasteiger charge is -2.30. The Bertz CT molecular complexity index is 959. The largest absolute Gasteiger partial charge is 0.341 e. The molecule has 0 aromatic carbocycles. The van der Waals surface area contributed by atoms with Crippen molar-refractivity contribution in [3.8, 4) is 0 Å². The van der Waals surface area contributed by atoms with E-state index in [4.69, 9.17) is 5.10 Å². The average molecular weight is 352 g/mol. The van der Waals surface area contributed by atoms with Crippen molar-refractivity contribution in [1.82, 2.24) is 24.1 Å². The van der Waals surface area contributed by atoms with Crippen LogP contribution in [0.4, 0.5) is 5.95 Å². The first-order valence-corrected chi connectivity index (χ1v) is 9.28. The first kappa shape index (κ1) is 16.8. The molecule has 3 aromatic rings. The SMILES string of the molecule is CC(C)c1ncc2c(=O)n3c(nn12)N(CCCc1ccccn1)CCC3. The number of fused-ring (bicyclic) bond motifs is 2. The highest BCUT2D eigenvalue weighted by molar-refractivity contribution is 5.47. The van der Waals surface area contributed by atoms with Gasteiger partial charge in [0, 0.05) is 37.4 Å². The average Bonchev–Trinajstić information content (AvgIpc) is 3.08. The number of aromatic nitrogens is 5. The van der Waals surface area contributed by atoms with Crippen molar-refractivity contribution < 1.29 is 0 Å². The van der Waals surface area contributed by atoms with Crippen LogP contribution >= 0.6 is 0 Å². The van der Waals surface area contributed by atoms with Gasteiger partial charge in [-0.1, -0.05) is 19.9 Å². The summed E-state index contributed by atoms with van der Waals surface area (Å²) in [7, 11) is 0. The van der Waals surface area contributed by atoms with Crippen LogP contribution in [0.1, 0.15) is 44.1 Å². The molecule has 0 saturated heterocycles. The molecule has 1 aliphatic rings. The molecular formula is C19H24N6O. The van der Waals surface area contributed by atoms with Crippen LogP contribution in [0, 0.1) is 0 Å². The number of nitrogens with zero attached hydrogens (tertiary/aromatic N) is 6. The lowest BCUT2D eigenvalue weighted by atomic mass is 10.2. The number of pyridine rings is 1. The number of hydrogen-bond acceptors (Lipinski definition) is 5. The Morgan fingerprint density at radius 3 is 2.85 bits per heavy atom. The normalized spacial score (nSPS) is 14.2. The van der Waals surface area contributed by atoms with Gasteiger partial charge >= 0.3 is 0 Å². The van der Waals surface area contributed by atoms with Gasteiger partial charge in [0.1, 0.15) is 5.82 Å². The van der Waals surface area contributed by atoms with Crippen LogP contribution in [0.2, 0.25) is 0 Å². The zero-order valence-electron chi connectivity index (χ0n) is 15.3. The zero-order chi connectivity index (χ0) is 18.1. The quantitative estimate of drug-likeness (QED) is 0.704. The van der Waals surface area contributed by atoms with E-state index in [2.05, 4.69) is 34.8 Å². The maximum absolute atomic E-state index is 12.9. The van der Waals surface area contributed by atoms with Gasteiger partial charge in [0.25, 0.3) is 5.56 Å². The fourth-order valence-electron chi connectivity index (χ4n) is 3.54. The fraction of sp³-hybridized carbons (Fsp3) is 0.474. The molecule has 4 heterocycles. The minimum absolute atomic E-state index is 0.00354. The van der Waals surface area contributed by atoms with E-state index in [1.54, 1.807) is 15.3 Å². The molecule has 3 aromatic heterocycles. The van der Waals surface area contributed by atoms with Crippen LogP contribution in [0.5, 0.6) is 0 Å². The van der Waals surface area contributed by atoms with E-state index in [0.717, 1.165) is 56.4 Å². The maximum Gasteiger partial charge on any atom is 0.280 e. The van der Waals surface area contributed by atoms with Crippen molar-refractivity contribution in [2.75, 3.05) is 18.0 Å². The molecule has 0 atom stereocenters. The summed E-state index contributed by atoms with van der Waals surface area (Å²) in [5.74, 6) is 1.81. The van der Waals surface area contributed by atoms with E-state index >= 15 is 0 Å². The van der Waals surface area contributed by atoms with Gasteiger partial charge < -0.3 is 4.90 Å². The summed E-state index contributed by atoms with van der Waals surface area (Å²) in [6, 6.07) is 6.00. The first-order valence-electron chi connectivity index (χ1n) is 9.28. The van der Waals surface area contributed by atoms with E-state index in [9.17, 15) is 4.79 Å². The van der Waals surface area contributed by atoms with Crippen molar-refractivity contribution in [2.24, 2.45) is 0 Å². The molecule has 1 aliphatic heterocycles. The molecule has 7 heteroatoms. The topological polar surface area (TPSA) is 68.3 Å². The predicted octanol–water partition coefficient (Wildman–Crippen LogP) is 2.25. The molecule has 4 rings (SSSR count). The van der Waals surface area contributed by atoms with E-state index in [1.807, 2.05) is 18.3 Å². The number of hydrogen-bond donors (Lipinski definition) is 0. The second-order valence-corrected chi connectivity index (χ2v) is 7.09. The van der Waals surface area contributed by atoms with Crippen LogP contribution < -0.4 is 10.5 Å². The van der Waals surface area contributed by atoms with Crippen LogP contribution in [0.3, 0.4) is 0 Å². The van der Waals surface area contributed by atoms with Crippen molar-refractivity contribution in [3.63, 3.8) is 0 Å². The van der Waals surface area contributed by atoms with Gasteiger partial charge in [-0.2, -0.15) is 0 Å². The van der Waals surface area contributed by atoms with E-state index in [0.29, 0.717) is 5.52 Å². The smallest absolute Gasteiger partial charge is 0.280 e. The molecule has 0 fully saturated rings. The van der Waals surface area contributed by atoms with Gasteiger partial charge in [0.2, 0.25) is 5.95 Å². The van der Waals surface area contributed by atoms with Crippen molar-refractivity contribution >= 4 is 11.5 Å². The molecule has 0 saturated carbocycles. The standard InChI is InChI=1S/C19H24N6O/c1-14(2)17-21-13-16-18(26)24-12-6-11-23(19(24)22-25(16)17)10-5-8-15-7-3-4-9-20-15/h3-4,7,9,13-14H,5-6,8,10-12H2,1-2H3. The summed E-state index contributed by atoms with van der Waals surface area (Å²) in [5, 5.41) is 4.79. The van der Waals surface area contributed by atoms with Gasteiger partial charge in [-0.05, 0) is 31.4 Å². The highest BCUT2D eigenvalue weighted by Crippen LogP contribution is 2.19. The second-order valence-electron chi connectivity index (χ2n) is 7.09. The summed E-state index contributed by atoms with van der Waals surface area (Å²) < 4.78 is 3.53. The van der Waals surface area contributed by atoms with Crippen LogP contribution in [-0.4, -0.2) is 37.2 Å². The van der Waals surface area contributed by atoms with Crippen LogP contribution in [0.15, 0.2) is 35.4 Å². The zero-order valence-corrected chi connectivity index (χ0v) is 15.3. The maximum atomic E-state index is 12.9. The van der Waals surface area contributed by atoms with Crippen LogP contribution in [-0.2, 0) is 13.0 Å². The minimum Gasteiger partial charge on any atom is -0.341 e. The summed E-state index contributed by atoms with van der Waals surface area (Å²) in [6.45, 7) is 6.64. The Labute approximate surface area is 152 Å². The minimum atomic E-state index is 0.00354. The predicted molar refractivity (Wildman–Crippen MR) is 101 cm³/mol. The fourth-order valence-corrected chi connectivity index (χ4v) is 3.54. The van der Waals surface area contributed by atoms with E-state index < -0.39 is 0 Å². The summed E-state index contributed by atoms with van der Waals surface area (Å²) in [4.78, 5) is 23.9. The van der Waals surface area contributed by atoms with Crippen molar-refractivity contribution in [1.29, 1.82) is 0 Å². The van der Waals surface area contributed by atoms with Gasteiger partial charge in [-0.15, -0.1) is 5.10 Å². The number of aryl methyl sites for hydroxylation is 1. The van der Waals surface area contributed by atoms with Crippen molar-refractivity contribution in [2.45, 2.75) is 45.6 Å². The highest BCUT2D eigenvalue weighted by Gasteiger charge is 2.23. The third-order valence-corrected chi connectivity index (χ3v) is 4.86. The van der Waals surface area contributed by atoms with E-state index in [-0.39, 0.29) is 11.5 Å². The molecule has 26 heavy (non-hydrogen) atoms. The molecule has 0 unspecified atom stereocenters. The van der Waals surface area contributed by atoms with Gasteiger partial charge in [-0.3, -0.25) is 14.3 Å².